The van der Waals surface area contributed by atoms with Crippen LogP contribution in [0.5, 0.6) is 5.75 Å². The van der Waals surface area contributed by atoms with Gasteiger partial charge in [0.1, 0.15) is 22.7 Å². The second-order valence-corrected chi connectivity index (χ2v) is 7.25. The van der Waals surface area contributed by atoms with Crippen LogP contribution in [0.2, 0.25) is 0 Å². The van der Waals surface area contributed by atoms with E-state index in [-0.39, 0.29) is 17.1 Å². The molecule has 1 heterocycles. The van der Waals surface area contributed by atoms with Crippen molar-refractivity contribution in [1.82, 2.24) is 0 Å². The molecule has 1 aliphatic heterocycles. The molecular weight excluding hydrogens is 308 g/mol. The van der Waals surface area contributed by atoms with Crippen LogP contribution >= 0.6 is 11.8 Å². The quantitative estimate of drug-likeness (QED) is 0.839. The summed E-state index contributed by atoms with van der Waals surface area (Å²) in [6, 6.07) is 17.7. The molecule has 0 N–H and O–H groups in total. The summed E-state index contributed by atoms with van der Waals surface area (Å²) in [5, 5.41) is -0.249. The van der Waals surface area contributed by atoms with Crippen molar-refractivity contribution < 1.29 is 14.3 Å². The molecule has 2 aromatic carbocycles. The third-order valence-electron chi connectivity index (χ3n) is 4.00. The van der Waals surface area contributed by atoms with Gasteiger partial charge in [-0.25, -0.2) is 0 Å². The van der Waals surface area contributed by atoms with E-state index in [1.165, 1.54) is 0 Å². The summed E-state index contributed by atoms with van der Waals surface area (Å²) in [6.07, 6.45) is -0.256. The number of carbonyl (C=O) groups is 1. The van der Waals surface area contributed by atoms with Crippen molar-refractivity contribution in [2.75, 3.05) is 7.11 Å². The van der Waals surface area contributed by atoms with Crippen molar-refractivity contribution in [3.05, 3.63) is 60.2 Å². The van der Waals surface area contributed by atoms with E-state index in [2.05, 4.69) is 0 Å². The molecule has 120 valence electrons. The van der Waals surface area contributed by atoms with Crippen molar-refractivity contribution in [2.45, 2.75) is 35.7 Å². The molecule has 23 heavy (non-hydrogen) atoms. The lowest BCUT2D eigenvalue weighted by molar-refractivity contribution is -0.129. The molecule has 0 aliphatic carbocycles. The molecule has 1 saturated heterocycles. The lowest BCUT2D eigenvalue weighted by Gasteiger charge is -2.19. The second kappa shape index (κ2) is 6.38. The molecule has 3 nitrogen and oxygen atoms in total. The molecular formula is C19H20O3S. The normalized spacial score (nSPS) is 23.0. The highest BCUT2D eigenvalue weighted by Gasteiger charge is 2.49. The van der Waals surface area contributed by atoms with Crippen molar-refractivity contribution in [1.29, 1.82) is 0 Å². The zero-order valence-corrected chi connectivity index (χ0v) is 14.3. The number of hydrogen-bond acceptors (Lipinski definition) is 4. The fourth-order valence-electron chi connectivity index (χ4n) is 2.71. The van der Waals surface area contributed by atoms with E-state index in [1.807, 2.05) is 68.4 Å². The minimum Gasteiger partial charge on any atom is -0.497 e. The molecule has 0 saturated carbocycles. The summed E-state index contributed by atoms with van der Waals surface area (Å²) in [5.41, 5.74) is 0.231. The molecule has 0 radical (unpaired) electrons. The minimum absolute atomic E-state index is 0.132. The molecule has 3 rings (SSSR count). The van der Waals surface area contributed by atoms with Gasteiger partial charge >= 0.3 is 0 Å². The van der Waals surface area contributed by atoms with Gasteiger partial charge in [0, 0.05) is 4.90 Å². The Balaban J connectivity index is 1.90. The molecule has 0 unspecified atom stereocenters. The molecule has 0 amide bonds. The first-order chi connectivity index (χ1) is 11.0. The molecule has 1 aliphatic rings. The standard InChI is InChI=1S/C19H20O3S/c1-19(2)18(20)17(23-15-7-5-4-6-8-15)16(22-19)13-9-11-14(21-3)12-10-13/h4-12,16-17H,1-3H3/t16-,17-/m0/s1. The summed E-state index contributed by atoms with van der Waals surface area (Å²) >= 11 is 1.57. The van der Waals surface area contributed by atoms with Gasteiger partial charge in [-0.2, -0.15) is 0 Å². The molecule has 4 heteroatoms. The predicted molar refractivity (Wildman–Crippen MR) is 92.0 cm³/mol. The van der Waals surface area contributed by atoms with E-state index in [0.717, 1.165) is 16.2 Å². The highest BCUT2D eigenvalue weighted by atomic mass is 32.2. The van der Waals surface area contributed by atoms with Gasteiger partial charge < -0.3 is 9.47 Å². The number of benzene rings is 2. The van der Waals surface area contributed by atoms with E-state index in [9.17, 15) is 4.79 Å². The first kappa shape index (κ1) is 16.1. The summed E-state index contributed by atoms with van der Waals surface area (Å²) < 4.78 is 11.3. The fraction of sp³-hybridized carbons (Fsp3) is 0.316. The first-order valence-electron chi connectivity index (χ1n) is 7.59. The van der Waals surface area contributed by atoms with Gasteiger partial charge in [-0.05, 0) is 43.7 Å². The minimum atomic E-state index is -0.767. The van der Waals surface area contributed by atoms with Gasteiger partial charge in [0.2, 0.25) is 0 Å². The van der Waals surface area contributed by atoms with Crippen LogP contribution in [-0.4, -0.2) is 23.7 Å². The van der Waals surface area contributed by atoms with Crippen LogP contribution in [0.3, 0.4) is 0 Å². The number of ketones is 1. The third kappa shape index (κ3) is 3.28. The summed E-state index contributed by atoms with van der Waals surface area (Å²) in [4.78, 5) is 13.8. The van der Waals surface area contributed by atoms with Crippen LogP contribution in [-0.2, 0) is 9.53 Å². The number of rotatable bonds is 4. The van der Waals surface area contributed by atoms with Gasteiger partial charge in [0.15, 0.2) is 5.78 Å². The summed E-state index contributed by atoms with van der Waals surface area (Å²) in [7, 11) is 1.64. The summed E-state index contributed by atoms with van der Waals surface area (Å²) in [5.74, 6) is 0.928. The maximum absolute atomic E-state index is 12.8. The van der Waals surface area contributed by atoms with Crippen molar-refractivity contribution in [2.24, 2.45) is 0 Å². The lowest BCUT2D eigenvalue weighted by atomic mass is 10.0. The van der Waals surface area contributed by atoms with E-state index in [1.54, 1.807) is 18.9 Å². The molecule has 0 aromatic heterocycles. The van der Waals surface area contributed by atoms with Crippen molar-refractivity contribution in [3.8, 4) is 5.75 Å². The Morgan fingerprint density at radius 2 is 1.70 bits per heavy atom. The van der Waals surface area contributed by atoms with Crippen LogP contribution in [0.4, 0.5) is 0 Å². The number of carbonyl (C=O) groups excluding carboxylic acids is 1. The first-order valence-corrected chi connectivity index (χ1v) is 8.47. The average Bonchev–Trinajstić information content (AvgIpc) is 2.80. The zero-order valence-electron chi connectivity index (χ0n) is 13.5. The smallest absolute Gasteiger partial charge is 0.180 e. The van der Waals surface area contributed by atoms with Crippen molar-refractivity contribution >= 4 is 17.5 Å². The van der Waals surface area contributed by atoms with Gasteiger partial charge in [-0.3, -0.25) is 4.79 Å². The van der Waals surface area contributed by atoms with Crippen LogP contribution in [0.1, 0.15) is 25.5 Å². The van der Waals surface area contributed by atoms with Crippen LogP contribution in [0.25, 0.3) is 0 Å². The maximum Gasteiger partial charge on any atom is 0.180 e. The zero-order chi connectivity index (χ0) is 16.4. The average molecular weight is 328 g/mol. The topological polar surface area (TPSA) is 35.5 Å². The Bertz CT molecular complexity index is 680. The van der Waals surface area contributed by atoms with Gasteiger partial charge in [0.25, 0.3) is 0 Å². The fourth-order valence-corrected chi connectivity index (χ4v) is 4.05. The molecule has 2 aromatic rings. The number of thioether (sulfide) groups is 1. The van der Waals surface area contributed by atoms with Crippen LogP contribution in [0, 0.1) is 0 Å². The Hall–Kier alpha value is -1.78. The van der Waals surface area contributed by atoms with E-state index < -0.39 is 5.60 Å². The molecule has 2 atom stereocenters. The SMILES string of the molecule is COc1ccc([C@@H]2OC(C)(C)C(=O)[C@H]2Sc2ccccc2)cc1. The molecule has 0 bridgehead atoms. The molecule has 1 fully saturated rings. The highest BCUT2D eigenvalue weighted by molar-refractivity contribution is 8.00. The lowest BCUT2D eigenvalue weighted by Crippen LogP contribution is -2.30. The predicted octanol–water partition coefficient (Wildman–Crippen LogP) is 4.28. The monoisotopic (exact) mass is 328 g/mol. The van der Waals surface area contributed by atoms with Crippen molar-refractivity contribution in [3.63, 3.8) is 0 Å². The number of Topliss-reactive ketones (excluding diaryl/α,β-unsaturated/α-hetero) is 1. The van der Waals surface area contributed by atoms with Crippen LogP contribution in [0.15, 0.2) is 59.5 Å². The maximum atomic E-state index is 12.8. The van der Waals surface area contributed by atoms with E-state index in [4.69, 9.17) is 9.47 Å². The molecule has 0 spiro atoms. The second-order valence-electron chi connectivity index (χ2n) is 6.04. The third-order valence-corrected chi connectivity index (χ3v) is 5.26. The largest absolute Gasteiger partial charge is 0.497 e. The van der Waals surface area contributed by atoms with Gasteiger partial charge in [-0.15, -0.1) is 11.8 Å². The highest BCUT2D eigenvalue weighted by Crippen LogP contribution is 2.45. The Morgan fingerprint density at radius 3 is 2.30 bits per heavy atom. The number of hydrogen-bond donors (Lipinski definition) is 0. The van der Waals surface area contributed by atoms with Crippen LogP contribution < -0.4 is 4.74 Å². The van der Waals surface area contributed by atoms with E-state index in [0.29, 0.717) is 0 Å². The summed E-state index contributed by atoms with van der Waals surface area (Å²) in [6.45, 7) is 3.69. The van der Waals surface area contributed by atoms with Gasteiger partial charge in [0.05, 0.1) is 7.11 Å². The Morgan fingerprint density at radius 1 is 1.04 bits per heavy atom. The van der Waals surface area contributed by atoms with Gasteiger partial charge in [-0.1, -0.05) is 30.3 Å². The van der Waals surface area contributed by atoms with E-state index >= 15 is 0 Å². The Labute approximate surface area is 141 Å². The number of ether oxygens (including phenoxy) is 2. The Kier molecular flexibility index (Phi) is 4.46. The number of methoxy groups -OCH3 is 1.